The molecule has 0 spiro atoms. The second kappa shape index (κ2) is 64.9. The average molecular weight is 1130 g/mol. The van der Waals surface area contributed by atoms with Crippen LogP contribution in [-0.4, -0.2) is 49.3 Å². The van der Waals surface area contributed by atoms with Gasteiger partial charge in [0.15, 0.2) is 6.10 Å². The first-order valence-electron chi connectivity index (χ1n) is 33.8. The Labute approximate surface area is 489 Å². The van der Waals surface area contributed by atoms with E-state index >= 15 is 0 Å². The molecule has 0 aliphatic heterocycles. The van der Waals surface area contributed by atoms with Crippen molar-refractivity contribution in [1.82, 2.24) is 0 Å². The van der Waals surface area contributed by atoms with Crippen LogP contribution < -0.4 is 5.73 Å². The monoisotopic (exact) mass is 1130 g/mol. The van der Waals surface area contributed by atoms with Gasteiger partial charge in [-0.3, -0.25) is 18.6 Å². The number of rotatable bonds is 64. The molecule has 2 atom stereocenters. The average Bonchev–Trinajstić information content (AvgIpc) is 3.44. The minimum Gasteiger partial charge on any atom is -0.462 e. The topological polar surface area (TPSA) is 134 Å². The van der Waals surface area contributed by atoms with Gasteiger partial charge in [0.2, 0.25) is 0 Å². The van der Waals surface area contributed by atoms with Gasteiger partial charge in [0.05, 0.1) is 13.2 Å². The lowest BCUT2D eigenvalue weighted by atomic mass is 10.0. The highest BCUT2D eigenvalue weighted by Gasteiger charge is 2.26. The van der Waals surface area contributed by atoms with Gasteiger partial charge in [-0.25, -0.2) is 4.57 Å². The van der Waals surface area contributed by atoms with E-state index in [1.165, 1.54) is 225 Å². The number of allylic oxidation sites excluding steroid dienone is 10. The lowest BCUT2D eigenvalue weighted by molar-refractivity contribution is -0.161. The lowest BCUT2D eigenvalue weighted by Gasteiger charge is -2.19. The normalized spacial score (nSPS) is 13.3. The molecule has 9 nitrogen and oxygen atoms in total. The Hall–Kier alpha value is -2.29. The summed E-state index contributed by atoms with van der Waals surface area (Å²) in [5.41, 5.74) is 5.40. The van der Waals surface area contributed by atoms with Crippen molar-refractivity contribution in [3.8, 4) is 0 Å². The first kappa shape index (κ1) is 76.7. The fourth-order valence-corrected chi connectivity index (χ4v) is 10.7. The van der Waals surface area contributed by atoms with Crippen molar-refractivity contribution in [3.63, 3.8) is 0 Å². The molecule has 462 valence electrons. The SMILES string of the molecule is CC/C=C\C/C=C\C/C=C\C/C=C\C/C=C\CCCCCCCCCCCCCC(=O)OC(COC(=O)CCCCCCCCCCCCCCCCCCCCCCCCCCCCCCCCC)COP(=O)(O)OCCN. The summed E-state index contributed by atoms with van der Waals surface area (Å²) in [5.74, 6) is -0.817. The summed E-state index contributed by atoms with van der Waals surface area (Å²) in [6, 6.07) is 0. The Morgan fingerprint density at radius 2 is 0.696 bits per heavy atom. The van der Waals surface area contributed by atoms with Crippen LogP contribution in [0.3, 0.4) is 0 Å². The Morgan fingerprint density at radius 1 is 0.392 bits per heavy atom. The molecule has 0 amide bonds. The minimum atomic E-state index is -4.39. The van der Waals surface area contributed by atoms with Crippen molar-refractivity contribution in [2.45, 2.75) is 341 Å². The van der Waals surface area contributed by atoms with Crippen LogP contribution >= 0.6 is 7.82 Å². The fourth-order valence-electron chi connectivity index (χ4n) is 9.96. The molecule has 0 aliphatic rings. The largest absolute Gasteiger partial charge is 0.472 e. The number of hydrogen-bond acceptors (Lipinski definition) is 8. The third-order valence-electron chi connectivity index (χ3n) is 14.9. The molecule has 2 unspecified atom stereocenters. The number of phosphoric ester groups is 1. The summed E-state index contributed by atoms with van der Waals surface area (Å²) in [6.07, 6.45) is 83.1. The van der Waals surface area contributed by atoms with Crippen LogP contribution in [0.4, 0.5) is 0 Å². The van der Waals surface area contributed by atoms with E-state index in [0.29, 0.717) is 6.42 Å². The first-order valence-corrected chi connectivity index (χ1v) is 35.3. The van der Waals surface area contributed by atoms with Crippen LogP contribution in [0.5, 0.6) is 0 Å². The Bertz CT molecular complexity index is 1480. The molecule has 0 aromatic rings. The number of ether oxygens (including phenoxy) is 2. The van der Waals surface area contributed by atoms with Crippen molar-refractivity contribution in [2.75, 3.05) is 26.4 Å². The van der Waals surface area contributed by atoms with E-state index < -0.39 is 26.5 Å². The van der Waals surface area contributed by atoms with Crippen LogP contribution in [0.2, 0.25) is 0 Å². The molecule has 3 N–H and O–H groups in total. The van der Waals surface area contributed by atoms with Crippen molar-refractivity contribution in [3.05, 3.63) is 60.8 Å². The van der Waals surface area contributed by atoms with Crippen LogP contribution in [0, 0.1) is 0 Å². The summed E-state index contributed by atoms with van der Waals surface area (Å²) < 4.78 is 33.2. The van der Waals surface area contributed by atoms with Crippen molar-refractivity contribution >= 4 is 19.8 Å². The van der Waals surface area contributed by atoms with Crippen LogP contribution in [0.25, 0.3) is 0 Å². The lowest BCUT2D eigenvalue weighted by Crippen LogP contribution is -2.29. The first-order chi connectivity index (χ1) is 38.8. The highest BCUT2D eigenvalue weighted by atomic mass is 31.2. The van der Waals surface area contributed by atoms with E-state index in [1.54, 1.807) is 0 Å². The van der Waals surface area contributed by atoms with Gasteiger partial charge >= 0.3 is 19.8 Å². The zero-order valence-corrected chi connectivity index (χ0v) is 52.8. The molecule has 0 rings (SSSR count). The highest BCUT2D eigenvalue weighted by molar-refractivity contribution is 7.47. The van der Waals surface area contributed by atoms with Gasteiger partial charge in [0.25, 0.3) is 0 Å². The molecule has 0 saturated carbocycles. The number of carbonyl (C=O) groups excluding carboxylic acids is 2. The van der Waals surface area contributed by atoms with Gasteiger partial charge in [-0.2, -0.15) is 0 Å². The number of esters is 2. The zero-order chi connectivity index (χ0) is 57.3. The number of phosphoric acid groups is 1. The predicted octanol–water partition coefficient (Wildman–Crippen LogP) is 21.9. The van der Waals surface area contributed by atoms with Gasteiger partial charge in [-0.1, -0.05) is 325 Å². The molecule has 0 saturated heterocycles. The van der Waals surface area contributed by atoms with Crippen molar-refractivity contribution in [2.24, 2.45) is 5.73 Å². The molecule has 0 aromatic carbocycles. The van der Waals surface area contributed by atoms with E-state index in [2.05, 4.69) is 74.6 Å². The second-order valence-electron chi connectivity index (χ2n) is 22.7. The molecular weight excluding hydrogens is 1000 g/mol. The van der Waals surface area contributed by atoms with E-state index in [-0.39, 0.29) is 38.6 Å². The molecule has 0 aliphatic carbocycles. The molecule has 0 fully saturated rings. The quantitative estimate of drug-likeness (QED) is 0.0264. The Balaban J connectivity index is 3.86. The highest BCUT2D eigenvalue weighted by Crippen LogP contribution is 2.43. The van der Waals surface area contributed by atoms with Crippen molar-refractivity contribution < 1.29 is 37.6 Å². The van der Waals surface area contributed by atoms with Crippen molar-refractivity contribution in [1.29, 1.82) is 0 Å². The summed E-state index contributed by atoms with van der Waals surface area (Å²) in [5, 5.41) is 0. The van der Waals surface area contributed by atoms with Gasteiger partial charge in [0, 0.05) is 19.4 Å². The fraction of sp³-hybridized carbons (Fsp3) is 0.826. The van der Waals surface area contributed by atoms with E-state index in [9.17, 15) is 19.0 Å². The molecule has 0 heterocycles. The number of carbonyl (C=O) groups is 2. The second-order valence-corrected chi connectivity index (χ2v) is 24.1. The van der Waals surface area contributed by atoms with E-state index in [0.717, 1.165) is 77.0 Å². The van der Waals surface area contributed by atoms with Gasteiger partial charge < -0.3 is 20.1 Å². The molecule has 0 bridgehead atoms. The maximum absolute atomic E-state index is 12.7. The third kappa shape index (κ3) is 64.7. The van der Waals surface area contributed by atoms with Gasteiger partial charge in [-0.15, -0.1) is 0 Å². The summed E-state index contributed by atoms with van der Waals surface area (Å²) >= 11 is 0. The minimum absolute atomic E-state index is 0.0527. The maximum atomic E-state index is 12.7. The van der Waals surface area contributed by atoms with Crippen LogP contribution in [-0.2, 0) is 32.7 Å². The summed E-state index contributed by atoms with van der Waals surface area (Å²) in [4.78, 5) is 35.3. The van der Waals surface area contributed by atoms with Crippen LogP contribution in [0.1, 0.15) is 335 Å². The maximum Gasteiger partial charge on any atom is 0.472 e. The van der Waals surface area contributed by atoms with E-state index in [4.69, 9.17) is 24.3 Å². The summed E-state index contributed by atoms with van der Waals surface area (Å²) in [7, 11) is -4.39. The number of nitrogens with two attached hydrogens (primary N) is 1. The molecule has 0 radical (unpaired) electrons. The Kier molecular flexibility index (Phi) is 63.0. The molecule has 79 heavy (non-hydrogen) atoms. The van der Waals surface area contributed by atoms with E-state index in [1.807, 2.05) is 0 Å². The van der Waals surface area contributed by atoms with Gasteiger partial charge in [0.1, 0.15) is 6.61 Å². The molecule has 0 aromatic heterocycles. The summed E-state index contributed by atoms with van der Waals surface area (Å²) in [6.45, 7) is 3.68. The molecule has 10 heteroatoms. The standard InChI is InChI=1S/C69H128NO8P/c1-3-5-7-9-11-13-15-17-19-21-23-25-27-29-31-32-33-34-36-37-39-41-43-45-47-49-51-53-55-57-59-61-68(71)75-65-67(66-77-79(73,74)76-64-63-70)78-69(72)62-60-58-56-54-52-50-48-46-44-42-40-38-35-30-28-26-24-22-20-18-16-14-12-10-8-6-4-2/h6,8,12,14,18,20,24,26,30,35,67H,3-5,7,9-11,13,15-17,19,21-23,25,27-29,31-34,36-66,70H2,1-2H3,(H,73,74)/b8-6-,14-12-,20-18-,26-24-,35-30-. The third-order valence-corrected chi connectivity index (χ3v) is 15.9. The smallest absolute Gasteiger partial charge is 0.462 e. The zero-order valence-electron chi connectivity index (χ0n) is 51.9. The number of unbranched alkanes of at least 4 members (excludes halogenated alkanes) is 41. The Morgan fingerprint density at radius 3 is 1.04 bits per heavy atom. The number of hydrogen-bond donors (Lipinski definition) is 2. The van der Waals surface area contributed by atoms with Gasteiger partial charge in [-0.05, 0) is 57.8 Å². The molecular formula is C69H128NO8P. The predicted molar refractivity (Wildman–Crippen MR) is 340 cm³/mol. The van der Waals surface area contributed by atoms with Crippen LogP contribution in [0.15, 0.2) is 60.8 Å².